The molecule has 6 heteroatoms. The summed E-state index contributed by atoms with van der Waals surface area (Å²) in [6.45, 7) is 0. The van der Waals surface area contributed by atoms with E-state index in [1.54, 1.807) is 0 Å². The molecule has 0 aliphatic carbocycles. The van der Waals surface area contributed by atoms with Crippen LogP contribution in [0.1, 0.15) is 0 Å². The van der Waals surface area contributed by atoms with Gasteiger partial charge >= 0.3 is 0 Å². The molecule has 0 fully saturated rings. The van der Waals surface area contributed by atoms with Crippen molar-refractivity contribution in [1.29, 1.82) is 0 Å². The summed E-state index contributed by atoms with van der Waals surface area (Å²) in [5.41, 5.74) is 7.68. The number of rotatable bonds is 3. The van der Waals surface area contributed by atoms with Crippen molar-refractivity contribution in [3.8, 4) is 28.5 Å². The summed E-state index contributed by atoms with van der Waals surface area (Å²) < 4.78 is 4.66. The van der Waals surface area contributed by atoms with E-state index in [4.69, 9.17) is 19.9 Å². The van der Waals surface area contributed by atoms with E-state index in [-0.39, 0.29) is 0 Å². The molecule has 0 aliphatic heterocycles. The summed E-state index contributed by atoms with van der Waals surface area (Å²) >= 11 is 1.86. The highest BCUT2D eigenvalue weighted by Gasteiger charge is 2.22. The second-order valence-corrected chi connectivity index (χ2v) is 14.8. The van der Waals surface area contributed by atoms with Crippen LogP contribution in [0.25, 0.3) is 114 Å². The number of pyridine rings is 2. The molecule has 250 valence electrons. The lowest BCUT2D eigenvalue weighted by molar-refractivity contribution is 0.998. The number of fused-ring (bicyclic) bond motifs is 14. The Balaban J connectivity index is 1.16. The van der Waals surface area contributed by atoms with Crippen LogP contribution < -0.4 is 0 Å². The number of thiophene rings is 1. The van der Waals surface area contributed by atoms with E-state index in [2.05, 4.69) is 126 Å². The minimum absolute atomic E-state index is 0.590. The Morgan fingerprint density at radius 3 is 1.96 bits per heavy atom. The molecule has 12 aromatic rings. The Kier molecular flexibility index (Phi) is 6.15. The van der Waals surface area contributed by atoms with Crippen molar-refractivity contribution in [1.82, 2.24) is 24.5 Å². The van der Waals surface area contributed by atoms with Gasteiger partial charge in [0.2, 0.25) is 5.95 Å². The van der Waals surface area contributed by atoms with Gasteiger partial charge in [-0.1, -0.05) is 121 Å². The summed E-state index contributed by atoms with van der Waals surface area (Å²) in [5, 5.41) is 11.6. The maximum Gasteiger partial charge on any atom is 0.237 e. The summed E-state index contributed by atoms with van der Waals surface area (Å²) in [4.78, 5) is 21.0. The Bertz CT molecular complexity index is 3510. The lowest BCUT2D eigenvalue weighted by Crippen LogP contribution is -2.04. The highest BCUT2D eigenvalue weighted by atomic mass is 32.1. The Labute approximate surface area is 312 Å². The lowest BCUT2D eigenvalue weighted by Gasteiger charge is -2.14. The molecular formula is C48H27N5S. The average Bonchev–Trinajstić information content (AvgIpc) is 3.80. The molecule has 54 heavy (non-hydrogen) atoms. The van der Waals surface area contributed by atoms with Crippen molar-refractivity contribution in [2.75, 3.05) is 0 Å². The summed E-state index contributed by atoms with van der Waals surface area (Å²) in [6, 6.07) is 55.6. The van der Waals surface area contributed by atoms with Gasteiger partial charge in [0.05, 0.1) is 27.9 Å². The molecule has 12 rings (SSSR count). The van der Waals surface area contributed by atoms with Crippen LogP contribution in [-0.2, 0) is 0 Å². The second kappa shape index (κ2) is 11.2. The molecule has 5 aromatic heterocycles. The molecule has 7 aromatic carbocycles. The summed E-state index contributed by atoms with van der Waals surface area (Å²) in [7, 11) is 0. The molecular weight excluding hydrogens is 679 g/mol. The number of nitrogens with zero attached hydrogens (tertiary/aromatic N) is 5. The molecule has 0 saturated heterocycles. The van der Waals surface area contributed by atoms with Gasteiger partial charge in [0.25, 0.3) is 0 Å². The number of benzene rings is 7. The minimum Gasteiger partial charge on any atom is -0.262 e. The standard InChI is InChI=1S/C48H27N5S/c1-2-13-28(14-3-1)43-35-19-8-10-22-38(35)50-48(52-43)53-39-25-24-29(27-37(39)34-21-12-26-49-47(34)53)44-32-17-6-4-15-30(32)41-31-16-5-7-18-33(31)46-42(45(41)51-44)36-20-9-11-23-40(36)54-46/h1-27H. The number of hydrogen-bond acceptors (Lipinski definition) is 5. The highest BCUT2D eigenvalue weighted by Crippen LogP contribution is 2.47. The third kappa shape index (κ3) is 4.14. The molecule has 5 nitrogen and oxygen atoms in total. The van der Waals surface area contributed by atoms with Crippen LogP contribution in [0.2, 0.25) is 0 Å². The van der Waals surface area contributed by atoms with Crippen LogP contribution in [0.4, 0.5) is 0 Å². The van der Waals surface area contributed by atoms with Crippen LogP contribution in [0, 0.1) is 0 Å². The van der Waals surface area contributed by atoms with E-state index in [1.165, 1.54) is 41.7 Å². The quantitative estimate of drug-likeness (QED) is 0.172. The van der Waals surface area contributed by atoms with E-state index >= 15 is 0 Å². The van der Waals surface area contributed by atoms with Crippen LogP contribution in [0.15, 0.2) is 164 Å². The molecule has 0 aliphatic rings. The molecule has 0 N–H and O–H groups in total. The van der Waals surface area contributed by atoms with Gasteiger partial charge in [0.1, 0.15) is 5.65 Å². The first kappa shape index (κ1) is 29.5. The van der Waals surface area contributed by atoms with Gasteiger partial charge in [-0.2, -0.15) is 0 Å². The first-order valence-corrected chi connectivity index (χ1v) is 18.9. The number of hydrogen-bond donors (Lipinski definition) is 0. The smallest absolute Gasteiger partial charge is 0.237 e. The second-order valence-electron chi connectivity index (χ2n) is 13.8. The molecule has 0 spiro atoms. The van der Waals surface area contributed by atoms with Crippen LogP contribution in [-0.4, -0.2) is 24.5 Å². The van der Waals surface area contributed by atoms with Gasteiger partial charge < -0.3 is 0 Å². The predicted octanol–water partition coefficient (Wildman–Crippen LogP) is 12.7. The maximum absolute atomic E-state index is 5.66. The van der Waals surface area contributed by atoms with Crippen molar-refractivity contribution in [2.24, 2.45) is 0 Å². The molecule has 5 heterocycles. The van der Waals surface area contributed by atoms with E-state index in [1.807, 2.05) is 53.9 Å². The van der Waals surface area contributed by atoms with E-state index in [0.717, 1.165) is 66.3 Å². The Morgan fingerprint density at radius 2 is 1.11 bits per heavy atom. The van der Waals surface area contributed by atoms with Crippen LogP contribution in [0.5, 0.6) is 0 Å². The molecule has 0 radical (unpaired) electrons. The Hall–Kier alpha value is -7.02. The Morgan fingerprint density at radius 1 is 0.444 bits per heavy atom. The monoisotopic (exact) mass is 705 g/mol. The van der Waals surface area contributed by atoms with E-state index < -0.39 is 0 Å². The topological polar surface area (TPSA) is 56.5 Å². The molecule has 0 bridgehead atoms. The first-order valence-electron chi connectivity index (χ1n) is 18.1. The summed E-state index contributed by atoms with van der Waals surface area (Å²) in [5.74, 6) is 0.590. The fourth-order valence-electron chi connectivity index (χ4n) is 8.48. The largest absolute Gasteiger partial charge is 0.262 e. The molecule has 0 saturated carbocycles. The lowest BCUT2D eigenvalue weighted by atomic mass is 9.94. The maximum atomic E-state index is 5.66. The van der Waals surface area contributed by atoms with Crippen LogP contribution >= 0.6 is 11.3 Å². The third-order valence-electron chi connectivity index (χ3n) is 10.8. The molecule has 0 atom stereocenters. The van der Waals surface area contributed by atoms with Crippen molar-refractivity contribution < 1.29 is 0 Å². The third-order valence-corrected chi connectivity index (χ3v) is 12.0. The molecule has 0 unspecified atom stereocenters. The minimum atomic E-state index is 0.590. The van der Waals surface area contributed by atoms with Crippen molar-refractivity contribution >= 4 is 96.8 Å². The van der Waals surface area contributed by atoms with Gasteiger partial charge in [0.15, 0.2) is 0 Å². The highest BCUT2D eigenvalue weighted by molar-refractivity contribution is 7.27. The molecule has 0 amide bonds. The van der Waals surface area contributed by atoms with Crippen LogP contribution in [0.3, 0.4) is 0 Å². The van der Waals surface area contributed by atoms with Gasteiger partial charge in [-0.3, -0.25) is 4.57 Å². The average molecular weight is 706 g/mol. The first-order chi connectivity index (χ1) is 26.8. The normalized spacial score (nSPS) is 12.1. The SMILES string of the molecule is c1ccc(-c2nc(-n3c4ccc(-c5nc6c(c7ccccc57)c5ccccc5c5sc7ccccc7c65)cc4c4cccnc43)nc3ccccc23)cc1. The number of para-hydroxylation sites is 1. The van der Waals surface area contributed by atoms with Crippen molar-refractivity contribution in [3.63, 3.8) is 0 Å². The zero-order valence-corrected chi connectivity index (χ0v) is 29.5. The predicted molar refractivity (Wildman–Crippen MR) is 226 cm³/mol. The summed E-state index contributed by atoms with van der Waals surface area (Å²) in [6.07, 6.45) is 1.84. The fraction of sp³-hybridized carbons (Fsp3) is 0. The van der Waals surface area contributed by atoms with Gasteiger partial charge in [-0.15, -0.1) is 11.3 Å². The van der Waals surface area contributed by atoms with Crippen molar-refractivity contribution in [2.45, 2.75) is 0 Å². The zero-order valence-electron chi connectivity index (χ0n) is 28.7. The van der Waals surface area contributed by atoms with E-state index in [9.17, 15) is 0 Å². The van der Waals surface area contributed by atoms with Gasteiger partial charge in [0, 0.05) is 69.8 Å². The zero-order chi connectivity index (χ0) is 35.3. The van der Waals surface area contributed by atoms with Crippen molar-refractivity contribution in [3.05, 3.63) is 164 Å². The van der Waals surface area contributed by atoms with Gasteiger partial charge in [-0.25, -0.2) is 19.9 Å². The van der Waals surface area contributed by atoms with Gasteiger partial charge in [-0.05, 0) is 47.2 Å². The fourth-order valence-corrected chi connectivity index (χ4v) is 9.73. The number of aromatic nitrogens is 5. The van der Waals surface area contributed by atoms with E-state index in [0.29, 0.717) is 5.95 Å².